The van der Waals surface area contributed by atoms with E-state index >= 15 is 0 Å². The van der Waals surface area contributed by atoms with Crippen LogP contribution in [0.3, 0.4) is 0 Å². The standard InChI is InChI=1S/C17H17ClF3N3O3/c1-24(16-14(18)4-10(8-22-16)17(19,20)21)9-15(25)23-11-5-12(26-2)7-13(6-11)27-3/h4-8H,9H2,1-3H3,(H,23,25). The van der Waals surface area contributed by atoms with Crippen LogP contribution >= 0.6 is 11.6 Å². The summed E-state index contributed by atoms with van der Waals surface area (Å²) in [6.45, 7) is -0.183. The minimum absolute atomic E-state index is 0.0584. The van der Waals surface area contributed by atoms with Gasteiger partial charge in [0.15, 0.2) is 0 Å². The molecule has 1 amide bonds. The van der Waals surface area contributed by atoms with Crippen LogP contribution in [-0.2, 0) is 11.0 Å². The lowest BCUT2D eigenvalue weighted by molar-refractivity contribution is -0.137. The maximum absolute atomic E-state index is 12.7. The molecule has 1 N–H and O–H groups in total. The van der Waals surface area contributed by atoms with Crippen molar-refractivity contribution in [1.82, 2.24) is 4.98 Å². The van der Waals surface area contributed by atoms with Gasteiger partial charge in [-0.1, -0.05) is 11.6 Å². The fourth-order valence-corrected chi connectivity index (χ4v) is 2.55. The molecule has 0 saturated carbocycles. The highest BCUT2D eigenvalue weighted by molar-refractivity contribution is 6.33. The zero-order valence-electron chi connectivity index (χ0n) is 14.7. The summed E-state index contributed by atoms with van der Waals surface area (Å²) in [7, 11) is 4.45. The Morgan fingerprint density at radius 3 is 2.26 bits per heavy atom. The van der Waals surface area contributed by atoms with Crippen LogP contribution in [-0.4, -0.2) is 38.7 Å². The molecule has 0 radical (unpaired) electrons. The van der Waals surface area contributed by atoms with Gasteiger partial charge in [-0.25, -0.2) is 4.98 Å². The first kappa shape index (κ1) is 20.6. The number of amides is 1. The van der Waals surface area contributed by atoms with E-state index in [9.17, 15) is 18.0 Å². The number of hydrogen-bond acceptors (Lipinski definition) is 5. The van der Waals surface area contributed by atoms with Crippen molar-refractivity contribution in [1.29, 1.82) is 0 Å². The molecule has 0 aliphatic heterocycles. The van der Waals surface area contributed by atoms with Gasteiger partial charge in [0, 0.05) is 37.1 Å². The molecule has 0 aliphatic carbocycles. The van der Waals surface area contributed by atoms with Crippen molar-refractivity contribution in [2.75, 3.05) is 38.0 Å². The normalized spacial score (nSPS) is 11.1. The third-order valence-electron chi connectivity index (χ3n) is 3.53. The Bertz CT molecular complexity index is 809. The monoisotopic (exact) mass is 403 g/mol. The van der Waals surface area contributed by atoms with E-state index in [1.165, 1.54) is 26.2 Å². The Morgan fingerprint density at radius 2 is 1.78 bits per heavy atom. The number of alkyl halides is 3. The van der Waals surface area contributed by atoms with Crippen molar-refractivity contribution in [3.05, 3.63) is 41.0 Å². The van der Waals surface area contributed by atoms with E-state index in [-0.39, 0.29) is 17.4 Å². The molecule has 0 saturated heterocycles. The average Bonchev–Trinajstić information content (AvgIpc) is 2.60. The van der Waals surface area contributed by atoms with Gasteiger partial charge in [0.25, 0.3) is 0 Å². The molecule has 6 nitrogen and oxygen atoms in total. The zero-order valence-corrected chi connectivity index (χ0v) is 15.5. The number of ether oxygens (including phenoxy) is 2. The van der Waals surface area contributed by atoms with Crippen molar-refractivity contribution < 1.29 is 27.4 Å². The maximum Gasteiger partial charge on any atom is 0.417 e. The number of nitrogens with zero attached hydrogens (tertiary/aromatic N) is 2. The van der Waals surface area contributed by atoms with E-state index in [1.807, 2.05) is 0 Å². The predicted octanol–water partition coefficient (Wildman–Crippen LogP) is 3.85. The molecule has 0 atom stereocenters. The van der Waals surface area contributed by atoms with Crippen LogP contribution < -0.4 is 19.7 Å². The number of hydrogen-bond donors (Lipinski definition) is 1. The summed E-state index contributed by atoms with van der Waals surface area (Å²) in [5.74, 6) is 0.615. The number of nitrogens with one attached hydrogen (secondary N) is 1. The molecule has 146 valence electrons. The third-order valence-corrected chi connectivity index (χ3v) is 3.80. The molecule has 1 aromatic carbocycles. The minimum atomic E-state index is -4.55. The topological polar surface area (TPSA) is 63.7 Å². The molecule has 2 aromatic rings. The molecule has 0 fully saturated rings. The quantitative estimate of drug-likeness (QED) is 0.793. The second kappa shape index (κ2) is 8.34. The maximum atomic E-state index is 12.7. The van der Waals surface area contributed by atoms with Crippen molar-refractivity contribution in [2.45, 2.75) is 6.18 Å². The van der Waals surface area contributed by atoms with E-state index in [0.29, 0.717) is 23.4 Å². The number of benzene rings is 1. The van der Waals surface area contributed by atoms with Crippen LogP contribution in [0.25, 0.3) is 0 Å². The molecule has 0 bridgehead atoms. The summed E-state index contributed by atoms with van der Waals surface area (Å²) >= 11 is 5.88. The number of likely N-dealkylation sites (N-methyl/N-ethyl adjacent to an activating group) is 1. The van der Waals surface area contributed by atoms with Gasteiger partial charge in [0.1, 0.15) is 17.3 Å². The van der Waals surface area contributed by atoms with Gasteiger partial charge >= 0.3 is 6.18 Å². The minimum Gasteiger partial charge on any atom is -0.497 e. The second-order valence-corrected chi connectivity index (χ2v) is 5.94. The van der Waals surface area contributed by atoms with Gasteiger partial charge in [0.05, 0.1) is 31.4 Å². The number of rotatable bonds is 6. The first-order chi connectivity index (χ1) is 12.6. The summed E-state index contributed by atoms with van der Waals surface area (Å²) in [6, 6.07) is 5.62. The van der Waals surface area contributed by atoms with Gasteiger partial charge in [-0.3, -0.25) is 4.79 Å². The molecule has 27 heavy (non-hydrogen) atoms. The van der Waals surface area contributed by atoms with Gasteiger partial charge in [-0.2, -0.15) is 13.2 Å². The first-order valence-corrected chi connectivity index (χ1v) is 7.98. The van der Waals surface area contributed by atoms with Crippen LogP contribution in [0.1, 0.15) is 5.56 Å². The molecular weight excluding hydrogens is 387 g/mol. The summed E-state index contributed by atoms with van der Waals surface area (Å²) in [5, 5.41) is 2.45. The highest BCUT2D eigenvalue weighted by Gasteiger charge is 2.32. The van der Waals surface area contributed by atoms with E-state index in [2.05, 4.69) is 10.3 Å². The van der Waals surface area contributed by atoms with E-state index in [1.54, 1.807) is 18.2 Å². The highest BCUT2D eigenvalue weighted by Crippen LogP contribution is 2.33. The first-order valence-electron chi connectivity index (χ1n) is 7.61. The molecular formula is C17H17ClF3N3O3. The van der Waals surface area contributed by atoms with Crippen molar-refractivity contribution in [3.8, 4) is 11.5 Å². The lowest BCUT2D eigenvalue weighted by Gasteiger charge is -2.20. The van der Waals surface area contributed by atoms with Crippen LogP contribution in [0.4, 0.5) is 24.7 Å². The fourth-order valence-electron chi connectivity index (χ4n) is 2.24. The Kier molecular flexibility index (Phi) is 6.37. The fraction of sp³-hybridized carbons (Fsp3) is 0.294. The molecule has 0 spiro atoms. The van der Waals surface area contributed by atoms with Crippen LogP contribution in [0.5, 0.6) is 11.5 Å². The average molecular weight is 404 g/mol. The van der Waals surface area contributed by atoms with Crippen molar-refractivity contribution in [3.63, 3.8) is 0 Å². The molecule has 1 heterocycles. The Hall–Kier alpha value is -2.68. The second-order valence-electron chi connectivity index (χ2n) is 5.53. The number of halogens is 4. The zero-order chi connectivity index (χ0) is 20.2. The van der Waals surface area contributed by atoms with Gasteiger partial charge < -0.3 is 19.7 Å². The van der Waals surface area contributed by atoms with Crippen molar-refractivity contribution >= 4 is 29.0 Å². The van der Waals surface area contributed by atoms with Gasteiger partial charge in [-0.15, -0.1) is 0 Å². The Morgan fingerprint density at radius 1 is 1.19 bits per heavy atom. The Balaban J connectivity index is 2.10. The summed E-state index contributed by atoms with van der Waals surface area (Å²) in [4.78, 5) is 17.3. The number of methoxy groups -OCH3 is 2. The summed E-state index contributed by atoms with van der Waals surface area (Å²) in [5.41, 5.74) is -0.520. The molecule has 10 heteroatoms. The van der Waals surface area contributed by atoms with Crippen LogP contribution in [0, 0.1) is 0 Å². The summed E-state index contributed by atoms with van der Waals surface area (Å²) in [6.07, 6.45) is -3.88. The van der Waals surface area contributed by atoms with Crippen molar-refractivity contribution in [2.24, 2.45) is 0 Å². The number of pyridine rings is 1. The lowest BCUT2D eigenvalue weighted by atomic mass is 10.2. The van der Waals surface area contributed by atoms with Gasteiger partial charge in [-0.05, 0) is 6.07 Å². The SMILES string of the molecule is COc1cc(NC(=O)CN(C)c2ncc(C(F)(F)F)cc2Cl)cc(OC)c1. The van der Waals surface area contributed by atoms with E-state index < -0.39 is 17.6 Å². The number of carbonyl (C=O) groups excluding carboxylic acids is 1. The Labute approximate surface area is 158 Å². The molecule has 0 aliphatic rings. The largest absolute Gasteiger partial charge is 0.497 e. The molecule has 2 rings (SSSR count). The van der Waals surface area contributed by atoms with Crippen LogP contribution in [0.15, 0.2) is 30.5 Å². The third kappa shape index (κ3) is 5.40. The van der Waals surface area contributed by atoms with E-state index in [0.717, 1.165) is 6.07 Å². The number of aromatic nitrogens is 1. The molecule has 1 aromatic heterocycles. The van der Waals surface area contributed by atoms with Gasteiger partial charge in [0.2, 0.25) is 5.91 Å². The highest BCUT2D eigenvalue weighted by atomic mass is 35.5. The lowest BCUT2D eigenvalue weighted by Crippen LogP contribution is -2.31. The smallest absolute Gasteiger partial charge is 0.417 e. The summed E-state index contributed by atoms with van der Waals surface area (Å²) < 4.78 is 48.3. The number of carbonyl (C=O) groups is 1. The van der Waals surface area contributed by atoms with Crippen LogP contribution in [0.2, 0.25) is 5.02 Å². The molecule has 0 unspecified atom stereocenters. The predicted molar refractivity (Wildman–Crippen MR) is 95.7 cm³/mol. The number of anilines is 2. The van der Waals surface area contributed by atoms with E-state index in [4.69, 9.17) is 21.1 Å².